The Morgan fingerprint density at radius 2 is 1.43 bits per heavy atom. The van der Waals surface area contributed by atoms with E-state index in [1.54, 1.807) is 0 Å². The van der Waals surface area contributed by atoms with Crippen LogP contribution < -0.4 is 10.6 Å². The zero-order valence-electron chi connectivity index (χ0n) is 22.2. The lowest BCUT2D eigenvalue weighted by molar-refractivity contribution is 0.619. The Kier molecular flexibility index (Phi) is 4.59. The van der Waals surface area contributed by atoms with Crippen LogP contribution >= 0.6 is 0 Å². The molecule has 0 amide bonds. The minimum atomic E-state index is 0.971. The topological polar surface area (TPSA) is 18.1 Å². The Hall–Kier alpha value is -4.82. The zero-order chi connectivity index (χ0) is 26.2. The predicted octanol–water partition coefficient (Wildman–Crippen LogP) is 8.32. The molecule has 40 heavy (non-hydrogen) atoms. The van der Waals surface area contributed by atoms with E-state index in [4.69, 9.17) is 4.42 Å². The van der Waals surface area contributed by atoms with Crippen LogP contribution in [0.25, 0.3) is 72.8 Å². The molecule has 0 atom stereocenters. The van der Waals surface area contributed by atoms with E-state index in [0.29, 0.717) is 0 Å². The van der Waals surface area contributed by atoms with Crippen molar-refractivity contribution in [3.8, 4) is 28.1 Å². The number of rotatable bonds is 2. The van der Waals surface area contributed by atoms with Gasteiger partial charge in [0.15, 0.2) is 0 Å². The van der Waals surface area contributed by atoms with Gasteiger partial charge >= 0.3 is 0 Å². The molecule has 2 heteroatoms. The Bertz CT molecular complexity index is 2260. The third-order valence-corrected chi connectivity index (χ3v) is 8.91. The average molecular weight is 514 g/mol. The van der Waals surface area contributed by atoms with Crippen molar-refractivity contribution in [1.29, 1.82) is 0 Å². The second kappa shape index (κ2) is 8.34. The molecular formula is C38H27NO. The molecule has 0 fully saturated rings. The lowest BCUT2D eigenvalue weighted by Gasteiger charge is -2.17. The van der Waals surface area contributed by atoms with E-state index in [1.807, 2.05) is 0 Å². The maximum absolute atomic E-state index is 6.84. The number of hydrogen-bond acceptors (Lipinski definition) is 1. The fraction of sp³-hybridized carbons (Fsp3) is 0.105. The van der Waals surface area contributed by atoms with Crippen LogP contribution in [0.15, 0.2) is 108 Å². The zero-order valence-corrected chi connectivity index (χ0v) is 22.2. The van der Waals surface area contributed by atoms with Crippen LogP contribution in [-0.2, 0) is 12.8 Å². The van der Waals surface area contributed by atoms with Crippen molar-refractivity contribution >= 4 is 44.7 Å². The highest BCUT2D eigenvalue weighted by atomic mass is 16.3. The summed E-state index contributed by atoms with van der Waals surface area (Å²) >= 11 is 0. The molecule has 5 aromatic carbocycles. The summed E-state index contributed by atoms with van der Waals surface area (Å²) in [6, 6.07) is 37.3. The van der Waals surface area contributed by atoms with E-state index >= 15 is 0 Å². The Balaban J connectivity index is 1.34. The van der Waals surface area contributed by atoms with Gasteiger partial charge in [-0.25, -0.2) is 0 Å². The van der Waals surface area contributed by atoms with Crippen molar-refractivity contribution in [2.75, 3.05) is 0 Å². The van der Waals surface area contributed by atoms with Gasteiger partial charge in [-0.3, -0.25) is 0 Å². The first-order valence-corrected chi connectivity index (χ1v) is 14.3. The number of nitrogens with zero attached hydrogens (tertiary/aromatic N) is 1. The van der Waals surface area contributed by atoms with Crippen molar-refractivity contribution in [2.24, 2.45) is 0 Å². The summed E-state index contributed by atoms with van der Waals surface area (Å²) in [6.45, 7) is 0. The standard InChI is InChI=1S/C38H27NO/c1-2-9-24(10-3-1)27-12-8-13-28(23-27)39-32-16-7-6-15-30(32)36-33(39)21-20-31-37-34(40-38(31)36)22-19-26-18-17-25-11-4-5-14-29(25)35(26)37/h1-5,8-19,22-23H,6-7,20-21H2. The van der Waals surface area contributed by atoms with Crippen LogP contribution in [0.3, 0.4) is 0 Å². The van der Waals surface area contributed by atoms with Gasteiger partial charge in [-0.05, 0) is 71.2 Å². The van der Waals surface area contributed by atoms with E-state index in [9.17, 15) is 0 Å². The first-order chi connectivity index (χ1) is 19.8. The van der Waals surface area contributed by atoms with Gasteiger partial charge < -0.3 is 8.98 Å². The van der Waals surface area contributed by atoms with Gasteiger partial charge in [-0.1, -0.05) is 97.1 Å². The third kappa shape index (κ3) is 3.05. The summed E-state index contributed by atoms with van der Waals surface area (Å²) in [5.74, 6) is 1.07. The molecule has 0 radical (unpaired) electrons. The van der Waals surface area contributed by atoms with Crippen molar-refractivity contribution in [3.05, 3.63) is 125 Å². The minimum absolute atomic E-state index is 0.971. The molecule has 0 saturated heterocycles. The van der Waals surface area contributed by atoms with E-state index in [-0.39, 0.29) is 0 Å². The second-order valence-corrected chi connectivity index (χ2v) is 11.1. The molecule has 0 aliphatic heterocycles. The highest BCUT2D eigenvalue weighted by molar-refractivity contribution is 6.21. The van der Waals surface area contributed by atoms with Crippen LogP contribution in [0.2, 0.25) is 0 Å². The van der Waals surface area contributed by atoms with Crippen molar-refractivity contribution < 1.29 is 4.42 Å². The summed E-state index contributed by atoms with van der Waals surface area (Å²) in [5.41, 5.74) is 8.73. The smallest absolute Gasteiger partial charge is 0.141 e. The molecule has 0 saturated carbocycles. The fourth-order valence-electron chi connectivity index (χ4n) is 7.19. The summed E-state index contributed by atoms with van der Waals surface area (Å²) in [5, 5.41) is 9.12. The van der Waals surface area contributed by atoms with Gasteiger partial charge in [-0.2, -0.15) is 0 Å². The first kappa shape index (κ1) is 22.0. The van der Waals surface area contributed by atoms with Crippen LogP contribution in [0.5, 0.6) is 0 Å². The second-order valence-electron chi connectivity index (χ2n) is 11.1. The number of fused-ring (bicyclic) bond motifs is 11. The van der Waals surface area contributed by atoms with Gasteiger partial charge in [0, 0.05) is 43.8 Å². The van der Waals surface area contributed by atoms with Crippen LogP contribution in [0.4, 0.5) is 0 Å². The van der Waals surface area contributed by atoms with Crippen molar-refractivity contribution in [3.63, 3.8) is 0 Å². The fourth-order valence-corrected chi connectivity index (χ4v) is 7.19. The molecule has 2 heterocycles. The van der Waals surface area contributed by atoms with Crippen molar-refractivity contribution in [1.82, 2.24) is 4.57 Å². The predicted molar refractivity (Wildman–Crippen MR) is 166 cm³/mol. The number of furan rings is 1. The van der Waals surface area contributed by atoms with E-state index < -0.39 is 0 Å². The molecular weight excluding hydrogens is 486 g/mol. The Labute approximate surface area is 232 Å². The molecule has 0 N–H and O–H groups in total. The quantitative estimate of drug-likeness (QED) is 0.213. The maximum atomic E-state index is 6.84. The van der Waals surface area contributed by atoms with Gasteiger partial charge in [0.05, 0.1) is 0 Å². The van der Waals surface area contributed by atoms with Crippen LogP contribution in [0, 0.1) is 0 Å². The van der Waals surface area contributed by atoms with Gasteiger partial charge in [0.1, 0.15) is 11.3 Å². The minimum Gasteiger partial charge on any atom is -0.456 e. The van der Waals surface area contributed by atoms with E-state index in [0.717, 1.165) is 37.0 Å². The molecule has 7 aromatic rings. The van der Waals surface area contributed by atoms with E-state index in [2.05, 4.69) is 120 Å². The monoisotopic (exact) mass is 513 g/mol. The molecule has 0 bridgehead atoms. The van der Waals surface area contributed by atoms with Gasteiger partial charge in [0.2, 0.25) is 0 Å². The first-order valence-electron chi connectivity index (χ1n) is 14.3. The average Bonchev–Trinajstić information content (AvgIpc) is 3.57. The number of aromatic nitrogens is 1. The van der Waals surface area contributed by atoms with Gasteiger partial charge in [-0.15, -0.1) is 0 Å². The maximum Gasteiger partial charge on any atom is 0.141 e. The lowest BCUT2D eigenvalue weighted by atomic mass is 9.89. The highest BCUT2D eigenvalue weighted by Crippen LogP contribution is 2.43. The molecule has 9 rings (SSSR count). The normalized spacial score (nSPS) is 14.0. The number of benzene rings is 5. The SMILES string of the molecule is C1=c2c3c(n(-c4cccc(-c5ccccc5)c4)c2=CCC1)CCc1c-3oc2ccc3ccc4ccccc4c3c12. The van der Waals surface area contributed by atoms with Crippen LogP contribution in [0.1, 0.15) is 24.1 Å². The number of aryl methyl sites for hydroxylation is 1. The Morgan fingerprint density at radius 1 is 0.625 bits per heavy atom. The van der Waals surface area contributed by atoms with Crippen molar-refractivity contribution in [2.45, 2.75) is 25.7 Å². The number of hydrogen-bond donors (Lipinski definition) is 0. The largest absolute Gasteiger partial charge is 0.456 e. The molecule has 0 spiro atoms. The highest BCUT2D eigenvalue weighted by Gasteiger charge is 2.30. The summed E-state index contributed by atoms with van der Waals surface area (Å²) in [4.78, 5) is 0. The summed E-state index contributed by atoms with van der Waals surface area (Å²) in [7, 11) is 0. The lowest BCUT2D eigenvalue weighted by Crippen LogP contribution is -2.30. The molecule has 190 valence electrons. The summed E-state index contributed by atoms with van der Waals surface area (Å²) in [6.07, 6.45) is 8.95. The van der Waals surface area contributed by atoms with Gasteiger partial charge in [0.25, 0.3) is 0 Å². The Morgan fingerprint density at radius 3 is 2.38 bits per heavy atom. The summed E-state index contributed by atoms with van der Waals surface area (Å²) < 4.78 is 9.35. The molecule has 2 aromatic heterocycles. The third-order valence-electron chi connectivity index (χ3n) is 8.91. The molecule has 2 aliphatic rings. The molecule has 2 nitrogen and oxygen atoms in total. The molecule has 0 unspecified atom stereocenters. The van der Waals surface area contributed by atoms with Crippen LogP contribution in [-0.4, -0.2) is 4.57 Å². The molecule has 2 aliphatic carbocycles. The van der Waals surface area contributed by atoms with E-state index in [1.165, 1.54) is 71.1 Å².